The summed E-state index contributed by atoms with van der Waals surface area (Å²) in [6, 6.07) is 0.734. The summed E-state index contributed by atoms with van der Waals surface area (Å²) in [5.41, 5.74) is 0.961. The molecule has 1 nitrogen and oxygen atoms in total. The average molecular weight is 413 g/mol. The minimum atomic E-state index is 0. The summed E-state index contributed by atoms with van der Waals surface area (Å²) in [6.45, 7) is 14.7. The van der Waals surface area contributed by atoms with Crippen LogP contribution in [0.1, 0.15) is 79.6 Å². The molecule has 0 aromatic heterocycles. The van der Waals surface area contributed by atoms with Crippen LogP contribution in [0, 0.1) is 26.7 Å². The van der Waals surface area contributed by atoms with Crippen molar-refractivity contribution in [3.63, 3.8) is 0 Å². The Morgan fingerprint density at radius 2 is 1.32 bits per heavy atom. The van der Waals surface area contributed by atoms with Crippen LogP contribution in [0.25, 0.3) is 0 Å². The van der Waals surface area contributed by atoms with Crippen LogP contribution in [0.5, 0.6) is 0 Å². The van der Waals surface area contributed by atoms with Crippen LogP contribution in [-0.4, -0.2) is 42.5 Å². The maximum atomic E-state index is 2.54. The molecule has 0 heterocycles. The molecule has 2 rings (SSSR count). The molecule has 0 radical (unpaired) electrons. The monoisotopic (exact) mass is 413 g/mol. The Hall–Kier alpha value is 0.909. The van der Waals surface area contributed by atoms with Gasteiger partial charge in [-0.1, -0.05) is 59.8 Å². The first-order chi connectivity index (χ1) is 10.2. The topological polar surface area (TPSA) is 3.24 Å². The van der Waals surface area contributed by atoms with Gasteiger partial charge in [-0.05, 0) is 63.2 Å². The SMILES string of the molecule is C1CCCC1.CC1CCC([C@@H](C)N(C)C)C1P(C)C(C)(C)C.[CH3-].[CH3-].[Fe+2]. The molecule has 25 heavy (non-hydrogen) atoms. The van der Waals surface area contributed by atoms with E-state index in [0.717, 1.165) is 23.5 Å². The van der Waals surface area contributed by atoms with Crippen LogP contribution in [0.3, 0.4) is 0 Å². The van der Waals surface area contributed by atoms with Crippen molar-refractivity contribution in [1.82, 2.24) is 4.90 Å². The first kappa shape index (κ1) is 30.6. The Morgan fingerprint density at radius 1 is 0.920 bits per heavy atom. The maximum Gasteiger partial charge on any atom is 2.00 e. The molecule has 0 N–H and O–H groups in total. The Bertz CT molecular complexity index is 302. The molecule has 0 saturated heterocycles. The Morgan fingerprint density at radius 3 is 1.64 bits per heavy atom. The standard InChI is InChI=1S/C15H32NP.C5H10.2CH3.Fe/c1-11-9-10-13(12(2)16(6)7)14(11)17(8)15(3,4)5;1-2-4-5-3-1;;;/h11-14H,9-10H2,1-8H3;1-5H2;2*1H3;/q;;2*-1;+2/t11?,12-,13?,14?,17?;;;;/m1..../s1. The van der Waals surface area contributed by atoms with Gasteiger partial charge in [-0.15, -0.1) is 7.92 Å². The molecular weight excluding hydrogens is 365 g/mol. The van der Waals surface area contributed by atoms with Crippen molar-refractivity contribution in [3.8, 4) is 0 Å². The molecule has 2 aliphatic carbocycles. The molecular formula is C22H48FeNP. The summed E-state index contributed by atoms with van der Waals surface area (Å²) in [5, 5.41) is 0.503. The van der Waals surface area contributed by atoms with Crippen molar-refractivity contribution in [1.29, 1.82) is 0 Å². The van der Waals surface area contributed by atoms with Crippen LogP contribution < -0.4 is 0 Å². The van der Waals surface area contributed by atoms with Gasteiger partial charge in [-0.25, -0.2) is 0 Å². The van der Waals surface area contributed by atoms with E-state index in [4.69, 9.17) is 0 Å². The Kier molecular flexibility index (Phi) is 17.1. The van der Waals surface area contributed by atoms with Crippen LogP contribution in [0.15, 0.2) is 0 Å². The fourth-order valence-corrected chi connectivity index (χ4v) is 6.91. The van der Waals surface area contributed by atoms with Gasteiger partial charge in [0.25, 0.3) is 0 Å². The first-order valence-electron chi connectivity index (χ1n) is 9.55. The van der Waals surface area contributed by atoms with E-state index in [1.54, 1.807) is 0 Å². The second-order valence-corrected chi connectivity index (χ2v) is 12.1. The zero-order valence-electron chi connectivity index (χ0n) is 19.0. The number of nitrogens with zero attached hydrogens (tertiary/aromatic N) is 1. The molecule has 154 valence electrons. The van der Waals surface area contributed by atoms with E-state index in [1.807, 2.05) is 0 Å². The van der Waals surface area contributed by atoms with E-state index in [2.05, 4.69) is 60.3 Å². The fourth-order valence-electron chi connectivity index (χ4n) is 4.13. The molecule has 0 bridgehead atoms. The molecule has 2 fully saturated rings. The smallest absolute Gasteiger partial charge is 0.358 e. The molecule has 2 saturated carbocycles. The van der Waals surface area contributed by atoms with Crippen molar-refractivity contribution in [3.05, 3.63) is 14.9 Å². The molecule has 3 heteroatoms. The van der Waals surface area contributed by atoms with Gasteiger partial charge in [-0.3, -0.25) is 0 Å². The van der Waals surface area contributed by atoms with Crippen LogP contribution >= 0.6 is 7.92 Å². The van der Waals surface area contributed by atoms with Crippen molar-refractivity contribution < 1.29 is 17.1 Å². The summed E-state index contributed by atoms with van der Waals surface area (Å²) >= 11 is 0. The summed E-state index contributed by atoms with van der Waals surface area (Å²) in [4.78, 5) is 2.42. The minimum Gasteiger partial charge on any atom is -0.358 e. The minimum absolute atomic E-state index is 0. The number of rotatable bonds is 3. The predicted octanol–water partition coefficient (Wildman–Crippen LogP) is 7.11. The van der Waals surface area contributed by atoms with Gasteiger partial charge in [-0.2, -0.15) is 0 Å². The molecule has 0 amide bonds. The Labute approximate surface area is 173 Å². The summed E-state index contributed by atoms with van der Waals surface area (Å²) < 4.78 is 0. The summed E-state index contributed by atoms with van der Waals surface area (Å²) in [6.07, 6.45) is 10.4. The zero-order valence-corrected chi connectivity index (χ0v) is 21.0. The molecule has 5 atom stereocenters. The van der Waals surface area contributed by atoms with E-state index >= 15 is 0 Å². The van der Waals surface area contributed by atoms with E-state index in [-0.39, 0.29) is 39.8 Å². The van der Waals surface area contributed by atoms with Crippen LogP contribution in [-0.2, 0) is 17.1 Å². The molecule has 2 aliphatic rings. The van der Waals surface area contributed by atoms with Gasteiger partial charge in [0.05, 0.1) is 0 Å². The third-order valence-corrected chi connectivity index (χ3v) is 10.1. The van der Waals surface area contributed by atoms with Crippen LogP contribution in [0.2, 0.25) is 0 Å². The third kappa shape index (κ3) is 9.60. The van der Waals surface area contributed by atoms with Gasteiger partial charge in [0.2, 0.25) is 0 Å². The van der Waals surface area contributed by atoms with Crippen LogP contribution in [0.4, 0.5) is 0 Å². The summed E-state index contributed by atoms with van der Waals surface area (Å²) in [7, 11) is 4.59. The fraction of sp³-hybridized carbons (Fsp3) is 0.909. The van der Waals surface area contributed by atoms with Gasteiger partial charge >= 0.3 is 17.1 Å². The Balaban J connectivity index is -0.000000522. The zero-order chi connectivity index (χ0) is 16.9. The molecule has 0 spiro atoms. The maximum absolute atomic E-state index is 2.54. The molecule has 0 aromatic rings. The van der Waals surface area contributed by atoms with Gasteiger partial charge in [0.15, 0.2) is 0 Å². The van der Waals surface area contributed by atoms with E-state index in [0.29, 0.717) is 5.16 Å². The third-order valence-electron chi connectivity index (χ3n) is 6.17. The van der Waals surface area contributed by atoms with Gasteiger partial charge in [0, 0.05) is 6.04 Å². The summed E-state index contributed by atoms with van der Waals surface area (Å²) in [5.74, 6) is 1.84. The van der Waals surface area contributed by atoms with E-state index < -0.39 is 0 Å². The largest absolute Gasteiger partial charge is 2.00 e. The van der Waals surface area contributed by atoms with Gasteiger partial charge < -0.3 is 19.8 Å². The quantitative estimate of drug-likeness (QED) is 0.271. The van der Waals surface area contributed by atoms with E-state index in [1.165, 1.54) is 44.9 Å². The number of hydrogen-bond acceptors (Lipinski definition) is 1. The van der Waals surface area contributed by atoms with Crippen molar-refractivity contribution in [2.24, 2.45) is 11.8 Å². The van der Waals surface area contributed by atoms with Crippen molar-refractivity contribution in [2.75, 3.05) is 20.8 Å². The second kappa shape index (κ2) is 14.0. The first-order valence-corrected chi connectivity index (χ1v) is 11.4. The predicted molar refractivity (Wildman–Crippen MR) is 117 cm³/mol. The normalized spacial score (nSPS) is 28.0. The van der Waals surface area contributed by atoms with Crippen molar-refractivity contribution >= 4 is 7.92 Å². The average Bonchev–Trinajstić information content (AvgIpc) is 3.08. The van der Waals surface area contributed by atoms with Crippen molar-refractivity contribution in [2.45, 2.75) is 96.4 Å². The van der Waals surface area contributed by atoms with E-state index in [9.17, 15) is 0 Å². The second-order valence-electron chi connectivity index (χ2n) is 8.96. The number of hydrogen-bond donors (Lipinski definition) is 0. The molecule has 0 aromatic carbocycles. The molecule has 0 aliphatic heterocycles. The van der Waals surface area contributed by atoms with Gasteiger partial charge in [0.1, 0.15) is 0 Å². The molecule has 4 unspecified atom stereocenters.